The zero-order chi connectivity index (χ0) is 16.8. The Morgan fingerprint density at radius 2 is 2.13 bits per heavy atom. The van der Waals surface area contributed by atoms with Crippen molar-refractivity contribution in [2.45, 2.75) is 20.3 Å². The van der Waals surface area contributed by atoms with Crippen molar-refractivity contribution in [1.82, 2.24) is 9.97 Å². The molecule has 122 valence electrons. The monoisotopic (exact) mass is 319 g/mol. The van der Waals surface area contributed by atoms with Crippen LogP contribution in [-0.4, -0.2) is 28.5 Å². The number of nitrogens with zero attached hydrogens (tertiary/aromatic N) is 1. The highest BCUT2D eigenvalue weighted by Crippen LogP contribution is 2.14. The fourth-order valence-corrected chi connectivity index (χ4v) is 2.03. The molecular formula is C16H18FN3O3. The fourth-order valence-electron chi connectivity index (χ4n) is 2.03. The number of anilines is 1. The molecule has 2 rings (SSSR count). The Kier molecular flexibility index (Phi) is 5.46. The lowest BCUT2D eigenvalue weighted by Crippen LogP contribution is -2.22. The van der Waals surface area contributed by atoms with Gasteiger partial charge in [0.1, 0.15) is 11.6 Å². The molecule has 23 heavy (non-hydrogen) atoms. The summed E-state index contributed by atoms with van der Waals surface area (Å²) in [7, 11) is 0. The van der Waals surface area contributed by atoms with Crippen LogP contribution in [0, 0.1) is 11.7 Å². The van der Waals surface area contributed by atoms with Gasteiger partial charge in [-0.1, -0.05) is 25.1 Å². The molecule has 1 aromatic carbocycles. The Hall–Kier alpha value is -2.70. The molecule has 1 heterocycles. The number of amides is 1. The van der Waals surface area contributed by atoms with Crippen LogP contribution in [0.15, 0.2) is 30.5 Å². The number of esters is 1. The number of H-pyrrole nitrogens is 1. The number of carbonyl (C=O) groups is 2. The van der Waals surface area contributed by atoms with Crippen LogP contribution >= 0.6 is 0 Å². The maximum atomic E-state index is 13.6. The van der Waals surface area contributed by atoms with E-state index in [9.17, 15) is 14.0 Å². The van der Waals surface area contributed by atoms with Gasteiger partial charge in [-0.05, 0) is 25.0 Å². The molecule has 0 saturated heterocycles. The number of aromatic nitrogens is 2. The molecule has 1 atom stereocenters. The van der Waals surface area contributed by atoms with Crippen molar-refractivity contribution in [3.05, 3.63) is 47.7 Å². The predicted molar refractivity (Wildman–Crippen MR) is 82.4 cm³/mol. The van der Waals surface area contributed by atoms with Gasteiger partial charge in [-0.15, -0.1) is 0 Å². The molecule has 0 aliphatic carbocycles. The summed E-state index contributed by atoms with van der Waals surface area (Å²) in [6.45, 7) is 3.62. The summed E-state index contributed by atoms with van der Waals surface area (Å²) in [5.41, 5.74) is 0.479. The first-order chi connectivity index (χ1) is 11.0. The summed E-state index contributed by atoms with van der Waals surface area (Å²) in [5.74, 6) is -1.36. The van der Waals surface area contributed by atoms with E-state index in [1.54, 1.807) is 32.0 Å². The van der Waals surface area contributed by atoms with E-state index in [4.69, 9.17) is 4.74 Å². The molecule has 0 radical (unpaired) electrons. The van der Waals surface area contributed by atoms with Crippen LogP contribution in [0.25, 0.3) is 0 Å². The molecule has 1 amide bonds. The summed E-state index contributed by atoms with van der Waals surface area (Å²) in [6, 6.07) is 6.34. The predicted octanol–water partition coefficient (Wildman–Crippen LogP) is 2.54. The third kappa shape index (κ3) is 4.38. The Balaban J connectivity index is 1.96. The van der Waals surface area contributed by atoms with E-state index in [0.717, 1.165) is 0 Å². The van der Waals surface area contributed by atoms with Gasteiger partial charge < -0.3 is 15.0 Å². The standard InChI is InChI=1S/C16H18FN3O3/c1-3-23-16(22)14-18-9-13(19-14)20-15(21)10(2)8-11-6-4-5-7-12(11)17/h4-7,9-10H,3,8H2,1-2H3,(H,18,19)(H,20,21). The first kappa shape index (κ1) is 16.7. The summed E-state index contributed by atoms with van der Waals surface area (Å²) in [6.07, 6.45) is 1.61. The van der Waals surface area contributed by atoms with E-state index in [1.807, 2.05) is 0 Å². The minimum Gasteiger partial charge on any atom is -0.460 e. The van der Waals surface area contributed by atoms with Gasteiger partial charge in [-0.2, -0.15) is 0 Å². The average molecular weight is 319 g/mol. The highest BCUT2D eigenvalue weighted by Gasteiger charge is 2.17. The van der Waals surface area contributed by atoms with Crippen LogP contribution in [0.5, 0.6) is 0 Å². The van der Waals surface area contributed by atoms with Crippen LogP contribution in [0.2, 0.25) is 0 Å². The Bertz CT molecular complexity index is 699. The molecule has 2 aromatic rings. The van der Waals surface area contributed by atoms with Crippen molar-refractivity contribution >= 4 is 17.7 Å². The van der Waals surface area contributed by atoms with Crippen molar-refractivity contribution in [1.29, 1.82) is 0 Å². The second-order valence-electron chi connectivity index (χ2n) is 5.05. The van der Waals surface area contributed by atoms with Gasteiger partial charge in [-0.3, -0.25) is 4.79 Å². The van der Waals surface area contributed by atoms with Gasteiger partial charge in [0.05, 0.1) is 12.8 Å². The maximum Gasteiger partial charge on any atom is 0.374 e. The molecule has 0 fully saturated rings. The van der Waals surface area contributed by atoms with Gasteiger partial charge in [0.2, 0.25) is 11.7 Å². The average Bonchev–Trinajstić information content (AvgIpc) is 2.98. The molecule has 6 nitrogen and oxygen atoms in total. The Morgan fingerprint density at radius 1 is 1.39 bits per heavy atom. The van der Waals surface area contributed by atoms with Crippen LogP contribution in [0.1, 0.15) is 30.0 Å². The molecule has 7 heteroatoms. The number of imidazole rings is 1. The Labute approximate surface area is 133 Å². The number of halogens is 1. The number of benzene rings is 1. The molecular weight excluding hydrogens is 301 g/mol. The van der Waals surface area contributed by atoms with Crippen LogP contribution < -0.4 is 5.32 Å². The largest absolute Gasteiger partial charge is 0.460 e. The van der Waals surface area contributed by atoms with Crippen molar-refractivity contribution in [2.24, 2.45) is 5.92 Å². The van der Waals surface area contributed by atoms with Crippen molar-refractivity contribution < 1.29 is 18.7 Å². The smallest absolute Gasteiger partial charge is 0.374 e. The number of hydrogen-bond donors (Lipinski definition) is 2. The van der Waals surface area contributed by atoms with E-state index in [2.05, 4.69) is 15.3 Å². The van der Waals surface area contributed by atoms with E-state index in [1.165, 1.54) is 12.3 Å². The molecule has 0 aliphatic heterocycles. The zero-order valence-corrected chi connectivity index (χ0v) is 12.9. The van der Waals surface area contributed by atoms with Gasteiger partial charge in [0.25, 0.3) is 0 Å². The topological polar surface area (TPSA) is 84.1 Å². The van der Waals surface area contributed by atoms with Crippen molar-refractivity contribution in [3.8, 4) is 0 Å². The summed E-state index contributed by atoms with van der Waals surface area (Å²) in [5, 5.41) is 2.61. The normalized spacial score (nSPS) is 11.8. The minimum absolute atomic E-state index is 0.0175. The van der Waals surface area contributed by atoms with Gasteiger partial charge >= 0.3 is 5.97 Å². The van der Waals surface area contributed by atoms with E-state index in [0.29, 0.717) is 11.4 Å². The number of rotatable bonds is 6. The minimum atomic E-state index is -0.590. The second kappa shape index (κ2) is 7.53. The number of carbonyl (C=O) groups excluding carboxylic acids is 2. The van der Waals surface area contributed by atoms with Crippen molar-refractivity contribution in [3.63, 3.8) is 0 Å². The highest BCUT2D eigenvalue weighted by molar-refractivity contribution is 5.92. The van der Waals surface area contributed by atoms with E-state index < -0.39 is 11.9 Å². The Morgan fingerprint density at radius 3 is 2.83 bits per heavy atom. The van der Waals surface area contributed by atoms with E-state index >= 15 is 0 Å². The van der Waals surface area contributed by atoms with Gasteiger partial charge in [0, 0.05) is 5.92 Å². The number of ether oxygens (including phenoxy) is 1. The quantitative estimate of drug-likeness (QED) is 0.801. The molecule has 1 unspecified atom stereocenters. The van der Waals surface area contributed by atoms with Crippen LogP contribution in [0.4, 0.5) is 10.2 Å². The molecule has 1 aromatic heterocycles. The first-order valence-electron chi connectivity index (χ1n) is 7.27. The fraction of sp³-hybridized carbons (Fsp3) is 0.312. The molecule has 0 saturated carbocycles. The number of hydrogen-bond acceptors (Lipinski definition) is 4. The summed E-state index contributed by atoms with van der Waals surface area (Å²) in [4.78, 5) is 30.1. The SMILES string of the molecule is CCOC(=O)c1ncc(NC(=O)C(C)Cc2ccccc2F)[nH]1. The molecule has 2 N–H and O–H groups in total. The molecule has 0 bridgehead atoms. The lowest BCUT2D eigenvalue weighted by Gasteiger charge is -2.11. The second-order valence-corrected chi connectivity index (χ2v) is 5.05. The van der Waals surface area contributed by atoms with Gasteiger partial charge in [-0.25, -0.2) is 14.2 Å². The summed E-state index contributed by atoms with van der Waals surface area (Å²) >= 11 is 0. The van der Waals surface area contributed by atoms with Crippen LogP contribution in [-0.2, 0) is 16.0 Å². The highest BCUT2D eigenvalue weighted by atomic mass is 19.1. The first-order valence-corrected chi connectivity index (χ1v) is 7.27. The molecule has 0 spiro atoms. The number of aromatic amines is 1. The zero-order valence-electron chi connectivity index (χ0n) is 12.9. The maximum absolute atomic E-state index is 13.6. The van der Waals surface area contributed by atoms with Crippen LogP contribution in [0.3, 0.4) is 0 Å². The van der Waals surface area contributed by atoms with Crippen molar-refractivity contribution in [2.75, 3.05) is 11.9 Å². The van der Waals surface area contributed by atoms with E-state index in [-0.39, 0.29) is 30.6 Å². The number of nitrogens with one attached hydrogen (secondary N) is 2. The summed E-state index contributed by atoms with van der Waals surface area (Å²) < 4.78 is 18.4. The third-order valence-corrected chi connectivity index (χ3v) is 3.23. The molecule has 0 aliphatic rings. The lowest BCUT2D eigenvalue weighted by atomic mass is 10.00. The third-order valence-electron chi connectivity index (χ3n) is 3.23. The van der Waals surface area contributed by atoms with Gasteiger partial charge in [0.15, 0.2) is 0 Å². The lowest BCUT2D eigenvalue weighted by molar-refractivity contribution is -0.119.